The summed E-state index contributed by atoms with van der Waals surface area (Å²) >= 11 is 0. The summed E-state index contributed by atoms with van der Waals surface area (Å²) in [4.78, 5) is 49.9. The largest absolute Gasteiger partial charge is 0.463 e. The fourth-order valence-corrected chi connectivity index (χ4v) is 7.96. The Morgan fingerprint density at radius 3 is 1.29 bits per heavy atom. The van der Waals surface area contributed by atoms with Gasteiger partial charge in [-0.3, -0.25) is 19.2 Å². The molecule has 14 heteroatoms. The zero-order chi connectivity index (χ0) is 47.6. The molecular formula is C51H94O14. The number of hydrogen-bond donors (Lipinski definition) is 4. The van der Waals surface area contributed by atoms with Crippen LogP contribution in [0.4, 0.5) is 0 Å². The maximum atomic E-state index is 12.8. The zero-order valence-electron chi connectivity index (χ0n) is 40.9. The molecule has 4 N–H and O–H groups in total. The van der Waals surface area contributed by atoms with Gasteiger partial charge in [0.25, 0.3) is 0 Å². The molecule has 1 heterocycles. The Morgan fingerprint density at radius 2 is 0.846 bits per heavy atom. The topological polar surface area (TPSA) is 205 Å². The Morgan fingerprint density at radius 1 is 0.446 bits per heavy atom. The van der Waals surface area contributed by atoms with Crippen LogP contribution >= 0.6 is 0 Å². The number of hydrogen-bond acceptors (Lipinski definition) is 14. The van der Waals surface area contributed by atoms with Crippen molar-refractivity contribution < 1.29 is 68.0 Å². The molecule has 1 saturated heterocycles. The standard InChI is InChI=1S/C51H94O14/c1-3-5-7-9-11-13-15-17-19-21-23-25-27-29-31-33-44(53)62-41-42(63-46(55)34-32-30-28-26-24-22-20-18-16-14-12-10-8-6-4-2)40-60-37-38-61-45(54)35-36-47(56)65-51-50(59)49(58)48(57)43(39-52)64-51/h42-43,48-52,57-59H,3-41H2,1-2H3/t42?,43-,48+,49+,50-,51+/m1/s1. The second-order valence-electron chi connectivity index (χ2n) is 18.2. The van der Waals surface area contributed by atoms with Crippen molar-refractivity contribution in [1.82, 2.24) is 0 Å². The number of esters is 4. The smallest absolute Gasteiger partial charge is 0.308 e. The molecule has 0 spiro atoms. The summed E-state index contributed by atoms with van der Waals surface area (Å²) in [6, 6.07) is 0. The highest BCUT2D eigenvalue weighted by Gasteiger charge is 2.45. The first-order chi connectivity index (χ1) is 31.6. The third kappa shape index (κ3) is 34.6. The van der Waals surface area contributed by atoms with Crippen molar-refractivity contribution in [2.24, 2.45) is 0 Å². The summed E-state index contributed by atoms with van der Waals surface area (Å²) in [5.41, 5.74) is 0. The second kappa shape index (κ2) is 43.0. The van der Waals surface area contributed by atoms with Crippen LogP contribution in [0.2, 0.25) is 0 Å². The Kier molecular flexibility index (Phi) is 40.1. The van der Waals surface area contributed by atoms with Gasteiger partial charge in [0, 0.05) is 12.8 Å². The van der Waals surface area contributed by atoms with Gasteiger partial charge in [-0.15, -0.1) is 0 Å². The highest BCUT2D eigenvalue weighted by molar-refractivity contribution is 5.77. The van der Waals surface area contributed by atoms with Crippen molar-refractivity contribution >= 4 is 23.9 Å². The highest BCUT2D eigenvalue weighted by Crippen LogP contribution is 2.23. The van der Waals surface area contributed by atoms with Gasteiger partial charge in [-0.1, -0.05) is 194 Å². The van der Waals surface area contributed by atoms with Crippen LogP contribution in [0.3, 0.4) is 0 Å². The van der Waals surface area contributed by atoms with Gasteiger partial charge in [0.15, 0.2) is 6.10 Å². The average Bonchev–Trinajstić information content (AvgIpc) is 3.29. The molecular weight excluding hydrogens is 837 g/mol. The molecule has 0 radical (unpaired) electrons. The molecule has 65 heavy (non-hydrogen) atoms. The van der Waals surface area contributed by atoms with Crippen molar-refractivity contribution in [1.29, 1.82) is 0 Å². The maximum absolute atomic E-state index is 12.8. The summed E-state index contributed by atoms with van der Waals surface area (Å²) in [7, 11) is 0. The normalized spacial score (nSPS) is 18.9. The van der Waals surface area contributed by atoms with Crippen molar-refractivity contribution in [3.8, 4) is 0 Å². The molecule has 6 atom stereocenters. The van der Waals surface area contributed by atoms with Gasteiger partial charge in [0.1, 0.15) is 37.6 Å². The number of aliphatic hydroxyl groups is 4. The van der Waals surface area contributed by atoms with E-state index in [1.165, 1.54) is 148 Å². The lowest BCUT2D eigenvalue weighted by molar-refractivity contribution is -0.292. The monoisotopic (exact) mass is 931 g/mol. The molecule has 1 rings (SSSR count). The van der Waals surface area contributed by atoms with Crippen LogP contribution in [0.5, 0.6) is 0 Å². The third-order valence-electron chi connectivity index (χ3n) is 12.1. The minimum absolute atomic E-state index is 0.0405. The number of ether oxygens (including phenoxy) is 6. The first kappa shape index (κ1) is 60.7. The highest BCUT2D eigenvalue weighted by atomic mass is 16.7. The molecule has 0 bridgehead atoms. The third-order valence-corrected chi connectivity index (χ3v) is 12.1. The fourth-order valence-electron chi connectivity index (χ4n) is 7.96. The lowest BCUT2D eigenvalue weighted by Gasteiger charge is -2.39. The maximum Gasteiger partial charge on any atom is 0.308 e. The van der Waals surface area contributed by atoms with Gasteiger partial charge in [-0.05, 0) is 12.8 Å². The van der Waals surface area contributed by atoms with Crippen LogP contribution in [0, 0.1) is 0 Å². The van der Waals surface area contributed by atoms with Crippen LogP contribution in [0.15, 0.2) is 0 Å². The molecule has 0 saturated carbocycles. The number of aliphatic hydroxyl groups excluding tert-OH is 4. The van der Waals surface area contributed by atoms with Crippen molar-refractivity contribution in [3.63, 3.8) is 0 Å². The van der Waals surface area contributed by atoms with E-state index in [1.54, 1.807) is 0 Å². The van der Waals surface area contributed by atoms with Crippen molar-refractivity contribution in [3.05, 3.63) is 0 Å². The molecule has 0 aliphatic carbocycles. The molecule has 1 fully saturated rings. The predicted octanol–water partition coefficient (Wildman–Crippen LogP) is 9.65. The van der Waals surface area contributed by atoms with E-state index in [-0.39, 0.29) is 51.2 Å². The number of unbranched alkanes of at least 4 members (excludes halogenated alkanes) is 28. The van der Waals surface area contributed by atoms with E-state index in [1.807, 2.05) is 0 Å². The number of carbonyl (C=O) groups excluding carboxylic acids is 4. The first-order valence-electron chi connectivity index (χ1n) is 26.2. The molecule has 1 aliphatic heterocycles. The Hall–Kier alpha value is -2.36. The number of carbonyl (C=O) groups is 4. The Balaban J connectivity index is 2.35. The summed E-state index contributed by atoms with van der Waals surface area (Å²) in [5.74, 6) is -2.37. The van der Waals surface area contributed by atoms with Gasteiger partial charge >= 0.3 is 23.9 Å². The summed E-state index contributed by atoms with van der Waals surface area (Å²) < 4.78 is 32.1. The Bertz CT molecular complexity index is 1150. The first-order valence-corrected chi connectivity index (χ1v) is 26.2. The molecule has 382 valence electrons. The number of rotatable bonds is 45. The van der Waals surface area contributed by atoms with E-state index in [9.17, 15) is 39.6 Å². The van der Waals surface area contributed by atoms with E-state index in [0.29, 0.717) is 6.42 Å². The lowest BCUT2D eigenvalue weighted by Crippen LogP contribution is -2.59. The fraction of sp³-hybridized carbons (Fsp3) is 0.922. The minimum atomic E-state index is -1.75. The van der Waals surface area contributed by atoms with Gasteiger partial charge in [0.05, 0.1) is 32.7 Å². The Labute approximate surface area is 392 Å². The quantitative estimate of drug-likeness (QED) is 0.0255. The van der Waals surface area contributed by atoms with Crippen molar-refractivity contribution in [2.45, 2.75) is 269 Å². The van der Waals surface area contributed by atoms with E-state index in [0.717, 1.165) is 44.9 Å². The van der Waals surface area contributed by atoms with Gasteiger partial charge in [-0.25, -0.2) is 0 Å². The molecule has 0 aromatic heterocycles. The zero-order valence-corrected chi connectivity index (χ0v) is 40.9. The van der Waals surface area contributed by atoms with Crippen LogP contribution in [0.25, 0.3) is 0 Å². The van der Waals surface area contributed by atoms with Crippen LogP contribution in [0.1, 0.15) is 232 Å². The molecule has 0 aromatic rings. The molecule has 14 nitrogen and oxygen atoms in total. The van der Waals surface area contributed by atoms with E-state index in [4.69, 9.17) is 28.4 Å². The second-order valence-corrected chi connectivity index (χ2v) is 18.2. The summed E-state index contributed by atoms with van der Waals surface area (Å²) in [6.07, 6.45) is 28.1. The molecule has 0 aromatic carbocycles. The summed E-state index contributed by atoms with van der Waals surface area (Å²) in [6.45, 7) is 3.42. The van der Waals surface area contributed by atoms with Crippen LogP contribution < -0.4 is 0 Å². The molecule has 0 amide bonds. The summed E-state index contributed by atoms with van der Waals surface area (Å²) in [5, 5.41) is 39.1. The van der Waals surface area contributed by atoms with Crippen molar-refractivity contribution in [2.75, 3.05) is 33.0 Å². The molecule has 1 unspecified atom stereocenters. The average molecular weight is 931 g/mol. The van der Waals surface area contributed by atoms with Crippen LogP contribution in [-0.2, 0) is 47.6 Å². The van der Waals surface area contributed by atoms with E-state index < -0.39 is 61.8 Å². The van der Waals surface area contributed by atoms with Gasteiger partial charge in [-0.2, -0.15) is 0 Å². The van der Waals surface area contributed by atoms with Crippen LogP contribution in [-0.4, -0.2) is 114 Å². The van der Waals surface area contributed by atoms with E-state index in [2.05, 4.69) is 13.8 Å². The minimum Gasteiger partial charge on any atom is -0.463 e. The lowest BCUT2D eigenvalue weighted by atomic mass is 9.99. The van der Waals surface area contributed by atoms with Gasteiger partial charge in [0.2, 0.25) is 6.29 Å². The predicted molar refractivity (Wildman–Crippen MR) is 251 cm³/mol. The molecule has 1 aliphatic rings. The SMILES string of the molecule is CCCCCCCCCCCCCCCCCC(=O)OCC(COCCOC(=O)CCC(=O)O[C@@H]1O[C@H](CO)[C@H](O)[C@H](O)[C@H]1O)OC(=O)CCCCCCCCCCCCCCCCC. The van der Waals surface area contributed by atoms with E-state index >= 15 is 0 Å². The van der Waals surface area contributed by atoms with Gasteiger partial charge < -0.3 is 48.8 Å².